The van der Waals surface area contributed by atoms with Crippen molar-refractivity contribution in [3.05, 3.63) is 0 Å². The summed E-state index contributed by atoms with van der Waals surface area (Å²) in [6.07, 6.45) is -14.3. The summed E-state index contributed by atoms with van der Waals surface area (Å²) in [4.78, 5) is 20.7. The van der Waals surface area contributed by atoms with Crippen molar-refractivity contribution in [2.24, 2.45) is 0 Å². The van der Waals surface area contributed by atoms with Crippen LogP contribution in [-0.2, 0) is 19.1 Å². The Morgan fingerprint density at radius 1 is 0.680 bits per heavy atom. The maximum atomic E-state index is 12.7. The van der Waals surface area contributed by atoms with Gasteiger partial charge in [0.05, 0.1) is 13.2 Å². The van der Waals surface area contributed by atoms with Crippen molar-refractivity contribution >= 4 is 11.9 Å². The summed E-state index contributed by atoms with van der Waals surface area (Å²) in [6, 6.07) is 0. The predicted octanol–water partition coefficient (Wildman–Crippen LogP) is 2.82. The number of carbonyl (C=O) groups is 2. The van der Waals surface area contributed by atoms with Crippen LogP contribution in [0, 0.1) is 0 Å². The van der Waals surface area contributed by atoms with Gasteiger partial charge in [-0.05, 0) is 0 Å². The molecule has 0 aliphatic heterocycles. The lowest BCUT2D eigenvalue weighted by Gasteiger charge is -2.32. The van der Waals surface area contributed by atoms with Crippen molar-refractivity contribution in [3.63, 3.8) is 0 Å². The Labute approximate surface area is 131 Å². The summed E-state index contributed by atoms with van der Waals surface area (Å²) in [6.45, 7) is -3.17. The molecule has 0 unspecified atom stereocenters. The van der Waals surface area contributed by atoms with Crippen LogP contribution in [-0.4, -0.2) is 53.9 Å². The lowest BCUT2D eigenvalue weighted by Crippen LogP contribution is -2.51. The van der Waals surface area contributed by atoms with E-state index in [1.165, 1.54) is 0 Å². The molecule has 0 bridgehead atoms. The van der Waals surface area contributed by atoms with E-state index in [2.05, 4.69) is 9.47 Å². The van der Waals surface area contributed by atoms with E-state index < -0.39 is 66.7 Å². The summed E-state index contributed by atoms with van der Waals surface area (Å²) in [5.74, 6) is -5.70. The van der Waals surface area contributed by atoms with Crippen LogP contribution in [0.2, 0.25) is 0 Å². The van der Waals surface area contributed by atoms with Crippen LogP contribution < -0.4 is 0 Å². The van der Waals surface area contributed by atoms with Crippen LogP contribution in [0.4, 0.5) is 44.3 Å². The first-order valence-corrected chi connectivity index (χ1v) is 5.86. The summed E-state index contributed by atoms with van der Waals surface area (Å²) in [5.41, 5.74) is -3.77. The van der Waals surface area contributed by atoms with Crippen molar-refractivity contribution in [1.82, 2.24) is 10.7 Å². The average molecular weight is 398 g/mol. The van der Waals surface area contributed by atoms with E-state index in [0.29, 0.717) is 0 Å². The molecule has 0 aromatic carbocycles. The SMILES string of the molecule is O=C(OCCC(CCOC(=O)C(F)(F)F)(N(F)F)N(F)F)C(F)(F)F. The van der Waals surface area contributed by atoms with Gasteiger partial charge in [-0.1, -0.05) is 17.9 Å². The van der Waals surface area contributed by atoms with E-state index in [0.717, 1.165) is 0 Å². The van der Waals surface area contributed by atoms with Gasteiger partial charge in [-0.15, -0.1) is 0 Å². The van der Waals surface area contributed by atoms with E-state index >= 15 is 0 Å². The van der Waals surface area contributed by atoms with E-state index in [-0.39, 0.29) is 0 Å². The monoisotopic (exact) mass is 398 g/mol. The van der Waals surface area contributed by atoms with E-state index in [1.54, 1.807) is 0 Å². The molecule has 25 heavy (non-hydrogen) atoms. The van der Waals surface area contributed by atoms with Crippen LogP contribution in [0.5, 0.6) is 0 Å². The van der Waals surface area contributed by atoms with Gasteiger partial charge < -0.3 is 9.47 Å². The van der Waals surface area contributed by atoms with Gasteiger partial charge in [-0.3, -0.25) is 0 Å². The number of rotatable bonds is 8. The zero-order chi connectivity index (χ0) is 20.1. The summed E-state index contributed by atoms with van der Waals surface area (Å²) in [5, 5.41) is -4.45. The number of halogens is 10. The standard InChI is InChI=1S/C9H8F10N2O4/c10-8(11,12)5(22)24-3-1-7(20(16)17,21(18)19)2-4-25-6(23)9(13,14)15/h1-4H2. The smallest absolute Gasteiger partial charge is 0.459 e. The molecule has 0 N–H and O–H groups in total. The minimum atomic E-state index is -5.51. The maximum Gasteiger partial charge on any atom is 0.490 e. The molecule has 0 heterocycles. The molecule has 148 valence electrons. The van der Waals surface area contributed by atoms with Gasteiger partial charge in [0.15, 0.2) is 0 Å². The lowest BCUT2D eigenvalue weighted by atomic mass is 10.0. The zero-order valence-corrected chi connectivity index (χ0v) is 11.6. The van der Waals surface area contributed by atoms with Crippen LogP contribution in [0.1, 0.15) is 12.8 Å². The Bertz CT molecular complexity index is 422. The first-order valence-electron chi connectivity index (χ1n) is 5.86. The molecule has 0 aliphatic rings. The van der Waals surface area contributed by atoms with Crippen molar-refractivity contribution in [3.8, 4) is 0 Å². The number of hydrogen-bond acceptors (Lipinski definition) is 6. The van der Waals surface area contributed by atoms with Crippen molar-refractivity contribution in [1.29, 1.82) is 0 Å². The molecule has 0 saturated carbocycles. The largest absolute Gasteiger partial charge is 0.490 e. The Hall–Kier alpha value is -1.84. The van der Waals surface area contributed by atoms with Crippen LogP contribution in [0.25, 0.3) is 0 Å². The predicted molar refractivity (Wildman–Crippen MR) is 54.1 cm³/mol. The topological polar surface area (TPSA) is 59.1 Å². The Morgan fingerprint density at radius 3 is 1.16 bits per heavy atom. The highest BCUT2D eigenvalue weighted by Crippen LogP contribution is 2.32. The van der Waals surface area contributed by atoms with Gasteiger partial charge in [0.2, 0.25) is 5.66 Å². The first-order chi connectivity index (χ1) is 11.1. The minimum Gasteiger partial charge on any atom is -0.459 e. The molecule has 16 heteroatoms. The summed E-state index contributed by atoms with van der Waals surface area (Å²) in [7, 11) is 0. The van der Waals surface area contributed by atoms with E-state index in [4.69, 9.17) is 0 Å². The third kappa shape index (κ3) is 6.89. The van der Waals surface area contributed by atoms with Gasteiger partial charge in [0.1, 0.15) is 0 Å². The second-order valence-electron chi connectivity index (χ2n) is 4.22. The molecule has 0 aliphatic carbocycles. The highest BCUT2D eigenvalue weighted by molar-refractivity contribution is 5.75. The number of carbonyl (C=O) groups excluding carboxylic acids is 2. The van der Waals surface area contributed by atoms with Crippen molar-refractivity contribution in [2.75, 3.05) is 13.2 Å². The summed E-state index contributed by atoms with van der Waals surface area (Å²) < 4.78 is 129. The molecule has 0 rings (SSSR count). The molecule has 0 atom stereocenters. The maximum absolute atomic E-state index is 12.7. The number of alkyl halides is 6. The van der Waals surface area contributed by atoms with E-state index in [1.807, 2.05) is 0 Å². The minimum absolute atomic E-state index is 1.58. The third-order valence-electron chi connectivity index (χ3n) is 2.56. The average Bonchev–Trinajstić information content (AvgIpc) is 2.42. The number of esters is 2. The number of nitrogens with zero attached hydrogens (tertiary/aromatic N) is 2. The molecule has 0 amide bonds. The lowest BCUT2D eigenvalue weighted by molar-refractivity contribution is -0.378. The highest BCUT2D eigenvalue weighted by atomic mass is 19.4. The fourth-order valence-corrected chi connectivity index (χ4v) is 1.30. The molecule has 0 fully saturated rings. The molecule has 0 spiro atoms. The number of ether oxygens (including phenoxy) is 2. The van der Waals surface area contributed by atoms with E-state index in [9.17, 15) is 53.9 Å². The molecule has 0 aromatic rings. The normalized spacial score (nSPS) is 13.3. The third-order valence-corrected chi connectivity index (χ3v) is 2.56. The number of hydrogen-bond donors (Lipinski definition) is 0. The second kappa shape index (κ2) is 8.50. The molecular formula is C9H8F10N2O4. The van der Waals surface area contributed by atoms with Crippen LogP contribution in [0.3, 0.4) is 0 Å². The second-order valence-corrected chi connectivity index (χ2v) is 4.22. The van der Waals surface area contributed by atoms with Gasteiger partial charge in [-0.25, -0.2) is 9.59 Å². The molecular weight excluding hydrogens is 390 g/mol. The summed E-state index contributed by atoms with van der Waals surface area (Å²) >= 11 is 0. The van der Waals surface area contributed by atoms with Crippen molar-refractivity contribution in [2.45, 2.75) is 30.9 Å². The van der Waals surface area contributed by atoms with Gasteiger partial charge in [0, 0.05) is 23.5 Å². The Morgan fingerprint density at radius 2 is 0.960 bits per heavy atom. The zero-order valence-electron chi connectivity index (χ0n) is 11.6. The fraction of sp³-hybridized carbons (Fsp3) is 0.778. The Balaban J connectivity index is 4.91. The van der Waals surface area contributed by atoms with Gasteiger partial charge in [0.25, 0.3) is 0 Å². The van der Waals surface area contributed by atoms with Crippen LogP contribution in [0.15, 0.2) is 0 Å². The Kier molecular flexibility index (Phi) is 7.88. The molecule has 0 saturated heterocycles. The van der Waals surface area contributed by atoms with Crippen molar-refractivity contribution < 1.29 is 63.3 Å². The van der Waals surface area contributed by atoms with Gasteiger partial charge >= 0.3 is 24.3 Å². The quantitative estimate of drug-likeness (QED) is 0.271. The molecule has 0 radical (unpaired) electrons. The molecule has 6 nitrogen and oxygen atoms in total. The van der Waals surface area contributed by atoms with Gasteiger partial charge in [-0.2, -0.15) is 26.3 Å². The highest BCUT2D eigenvalue weighted by Gasteiger charge is 2.49. The molecule has 0 aromatic heterocycles. The van der Waals surface area contributed by atoms with Crippen LogP contribution >= 0.6 is 0 Å². The first kappa shape index (κ1) is 23.2. The fourth-order valence-electron chi connectivity index (χ4n) is 1.30.